The van der Waals surface area contributed by atoms with Gasteiger partial charge in [0.05, 0.1) is 17.3 Å². The Kier molecular flexibility index (Phi) is 8.44. The fraction of sp³-hybridized carbons (Fsp3) is 0.320. The zero-order valence-corrected chi connectivity index (χ0v) is 19.6. The minimum Gasteiger partial charge on any atom is -0.345 e. The number of unbranched alkanes of at least 4 members (excludes halogenated alkanes) is 2. The van der Waals surface area contributed by atoms with Crippen molar-refractivity contribution in [1.29, 1.82) is 0 Å². The number of hydrogen-bond donors (Lipinski definition) is 1. The smallest absolute Gasteiger partial charge is 0.322 e. The van der Waals surface area contributed by atoms with Gasteiger partial charge in [0.25, 0.3) is 0 Å². The summed E-state index contributed by atoms with van der Waals surface area (Å²) in [5, 5.41) is 3.91. The first-order valence-corrected chi connectivity index (χ1v) is 11.4. The van der Waals surface area contributed by atoms with Crippen molar-refractivity contribution in [2.75, 3.05) is 11.9 Å². The van der Waals surface area contributed by atoms with Crippen molar-refractivity contribution >= 4 is 34.9 Å². The molecule has 0 spiro atoms. The van der Waals surface area contributed by atoms with Gasteiger partial charge in [-0.05, 0) is 49.2 Å². The largest absolute Gasteiger partial charge is 0.345 e. The second-order valence-corrected chi connectivity index (χ2v) is 8.64. The first-order chi connectivity index (χ1) is 15.0. The summed E-state index contributed by atoms with van der Waals surface area (Å²) >= 11 is 12.2. The van der Waals surface area contributed by atoms with E-state index in [0.29, 0.717) is 28.8 Å². The van der Waals surface area contributed by atoms with E-state index in [-0.39, 0.29) is 6.03 Å². The molecule has 4 nitrogen and oxygen atoms in total. The molecule has 0 aliphatic carbocycles. The fourth-order valence-electron chi connectivity index (χ4n) is 3.54. The molecule has 164 valence electrons. The summed E-state index contributed by atoms with van der Waals surface area (Å²) in [6, 6.07) is 17.5. The van der Waals surface area contributed by atoms with Gasteiger partial charge in [-0.15, -0.1) is 0 Å². The van der Waals surface area contributed by atoms with E-state index >= 15 is 0 Å². The molecule has 0 unspecified atom stereocenters. The van der Waals surface area contributed by atoms with Gasteiger partial charge in [-0.2, -0.15) is 0 Å². The fourth-order valence-corrected chi connectivity index (χ4v) is 4.00. The number of aromatic nitrogens is 1. The molecule has 1 aromatic heterocycles. The topological polar surface area (TPSA) is 37.3 Å². The van der Waals surface area contributed by atoms with Crippen LogP contribution in [0.4, 0.5) is 10.5 Å². The molecule has 0 saturated carbocycles. The Balaban J connectivity index is 1.75. The second kappa shape index (κ2) is 11.3. The second-order valence-electron chi connectivity index (χ2n) is 7.80. The number of benzene rings is 2. The lowest BCUT2D eigenvalue weighted by Crippen LogP contribution is -2.36. The van der Waals surface area contributed by atoms with Crippen molar-refractivity contribution in [2.45, 2.75) is 46.2 Å². The van der Waals surface area contributed by atoms with Gasteiger partial charge in [-0.3, -0.25) is 0 Å². The molecular formula is C25H29Cl2N3O. The Labute approximate surface area is 194 Å². The quantitative estimate of drug-likeness (QED) is 0.334. The maximum Gasteiger partial charge on any atom is 0.322 e. The maximum absolute atomic E-state index is 13.1. The lowest BCUT2D eigenvalue weighted by atomic mass is 10.1. The number of rotatable bonds is 9. The number of hydrogen-bond acceptors (Lipinski definition) is 1. The highest BCUT2D eigenvalue weighted by Crippen LogP contribution is 2.26. The summed E-state index contributed by atoms with van der Waals surface area (Å²) in [5.41, 5.74) is 4.14. The molecule has 0 aliphatic rings. The van der Waals surface area contributed by atoms with Gasteiger partial charge in [0.1, 0.15) is 0 Å². The average molecular weight is 458 g/mol. The summed E-state index contributed by atoms with van der Waals surface area (Å²) in [4.78, 5) is 14.9. The number of nitrogens with one attached hydrogen (secondary N) is 1. The van der Waals surface area contributed by atoms with Crippen LogP contribution >= 0.6 is 23.2 Å². The number of carbonyl (C=O) groups excluding carboxylic acids is 1. The number of carbonyl (C=O) groups is 1. The van der Waals surface area contributed by atoms with E-state index in [1.54, 1.807) is 18.2 Å². The average Bonchev–Trinajstić information content (AvgIpc) is 3.16. The van der Waals surface area contributed by atoms with Crippen LogP contribution in [0, 0.1) is 6.92 Å². The standard InChI is InChI=1S/C25H29Cl2N3O/c1-3-4-5-13-30(25(31)28-24-12-11-21(26)16-23(24)27)18-22-10-7-14-29(22)17-20-9-6-8-19(2)15-20/h6-12,14-16H,3-5,13,17-18H2,1-2H3,(H,28,31). The first-order valence-electron chi connectivity index (χ1n) is 10.7. The number of halogens is 2. The Morgan fingerprint density at radius 1 is 1.06 bits per heavy atom. The van der Waals surface area contributed by atoms with Gasteiger partial charge in [-0.1, -0.05) is 72.8 Å². The summed E-state index contributed by atoms with van der Waals surface area (Å²) in [5.74, 6) is 0. The third-order valence-corrected chi connectivity index (χ3v) is 5.75. The van der Waals surface area contributed by atoms with Gasteiger partial charge in [0, 0.05) is 30.0 Å². The van der Waals surface area contributed by atoms with Gasteiger partial charge in [-0.25, -0.2) is 4.79 Å². The number of anilines is 1. The van der Waals surface area contributed by atoms with Crippen LogP contribution in [0.5, 0.6) is 0 Å². The monoisotopic (exact) mass is 457 g/mol. The number of amides is 2. The van der Waals surface area contributed by atoms with Crippen LogP contribution in [-0.4, -0.2) is 22.0 Å². The molecular weight excluding hydrogens is 429 g/mol. The van der Waals surface area contributed by atoms with Gasteiger partial charge in [0.15, 0.2) is 0 Å². The van der Waals surface area contributed by atoms with Crippen molar-refractivity contribution in [1.82, 2.24) is 9.47 Å². The maximum atomic E-state index is 13.1. The number of urea groups is 1. The third-order valence-electron chi connectivity index (χ3n) is 5.20. The van der Waals surface area contributed by atoms with E-state index in [2.05, 4.69) is 60.3 Å². The van der Waals surface area contributed by atoms with Gasteiger partial charge < -0.3 is 14.8 Å². The number of aryl methyl sites for hydroxylation is 1. The van der Waals surface area contributed by atoms with Gasteiger partial charge in [0.2, 0.25) is 0 Å². The molecule has 2 amide bonds. The predicted molar refractivity (Wildman–Crippen MR) is 130 cm³/mol. The van der Waals surface area contributed by atoms with Crippen LogP contribution in [0.1, 0.15) is 43.0 Å². The predicted octanol–water partition coefficient (Wildman–Crippen LogP) is 7.38. The van der Waals surface area contributed by atoms with Crippen LogP contribution < -0.4 is 5.32 Å². The Bertz CT molecular complexity index is 1020. The van der Waals surface area contributed by atoms with Crippen LogP contribution in [0.3, 0.4) is 0 Å². The summed E-state index contributed by atoms with van der Waals surface area (Å²) in [6.45, 7) is 6.24. The van der Waals surface area contributed by atoms with E-state index in [1.165, 1.54) is 11.1 Å². The molecule has 0 radical (unpaired) electrons. The molecule has 3 rings (SSSR count). The SMILES string of the molecule is CCCCCN(Cc1cccn1Cc1cccc(C)c1)C(=O)Nc1ccc(Cl)cc1Cl. The van der Waals surface area contributed by atoms with Crippen LogP contribution in [0.25, 0.3) is 0 Å². The van der Waals surface area contributed by atoms with Crippen LogP contribution in [0.2, 0.25) is 10.0 Å². The lowest BCUT2D eigenvalue weighted by molar-refractivity contribution is 0.206. The highest BCUT2D eigenvalue weighted by molar-refractivity contribution is 6.36. The summed E-state index contributed by atoms with van der Waals surface area (Å²) < 4.78 is 2.20. The molecule has 1 N–H and O–H groups in total. The molecule has 0 atom stereocenters. The zero-order chi connectivity index (χ0) is 22.2. The highest BCUT2D eigenvalue weighted by atomic mass is 35.5. The molecule has 0 fully saturated rings. The number of nitrogens with zero attached hydrogens (tertiary/aromatic N) is 2. The Hall–Kier alpha value is -2.43. The van der Waals surface area contributed by atoms with Crippen molar-refractivity contribution in [3.05, 3.63) is 87.7 Å². The lowest BCUT2D eigenvalue weighted by Gasteiger charge is -2.24. The van der Waals surface area contributed by atoms with E-state index in [9.17, 15) is 4.79 Å². The molecule has 0 bridgehead atoms. The van der Waals surface area contributed by atoms with E-state index in [0.717, 1.165) is 31.5 Å². The zero-order valence-electron chi connectivity index (χ0n) is 18.1. The highest BCUT2D eigenvalue weighted by Gasteiger charge is 2.17. The molecule has 0 aliphatic heterocycles. The van der Waals surface area contributed by atoms with Crippen molar-refractivity contribution < 1.29 is 4.79 Å². The van der Waals surface area contributed by atoms with Crippen molar-refractivity contribution in [2.24, 2.45) is 0 Å². The molecule has 2 aromatic carbocycles. The van der Waals surface area contributed by atoms with Gasteiger partial charge >= 0.3 is 6.03 Å². The van der Waals surface area contributed by atoms with Crippen LogP contribution in [-0.2, 0) is 13.1 Å². The normalized spacial score (nSPS) is 10.8. The molecule has 0 saturated heterocycles. The van der Waals surface area contributed by atoms with Crippen LogP contribution in [0.15, 0.2) is 60.8 Å². The van der Waals surface area contributed by atoms with Crippen molar-refractivity contribution in [3.8, 4) is 0 Å². The Morgan fingerprint density at radius 3 is 2.65 bits per heavy atom. The van der Waals surface area contributed by atoms with Crippen molar-refractivity contribution in [3.63, 3.8) is 0 Å². The third kappa shape index (κ3) is 6.78. The first kappa shape index (κ1) is 23.2. The van der Waals surface area contributed by atoms with E-state index in [4.69, 9.17) is 23.2 Å². The minimum atomic E-state index is -0.163. The summed E-state index contributed by atoms with van der Waals surface area (Å²) in [6.07, 6.45) is 5.20. The molecule has 3 aromatic rings. The Morgan fingerprint density at radius 2 is 1.90 bits per heavy atom. The molecule has 1 heterocycles. The molecule has 31 heavy (non-hydrogen) atoms. The van der Waals surface area contributed by atoms with E-state index < -0.39 is 0 Å². The van der Waals surface area contributed by atoms with E-state index in [1.807, 2.05) is 11.0 Å². The summed E-state index contributed by atoms with van der Waals surface area (Å²) in [7, 11) is 0. The molecule has 6 heteroatoms. The minimum absolute atomic E-state index is 0.163.